The first-order valence-corrected chi connectivity index (χ1v) is 11.6. The molecule has 3 aromatic carbocycles. The molecule has 1 aliphatic rings. The highest BCUT2D eigenvalue weighted by atomic mass is 35.5. The SMILES string of the molecule is O=C1S/C(=C\c2cc(Cl)c(OCc3ccccc3F)c(Cl)c2)C(=O)N1Cc1ccc(Cl)cc1. The van der Waals surface area contributed by atoms with E-state index < -0.39 is 11.7 Å². The van der Waals surface area contributed by atoms with Crippen LogP contribution in [0.1, 0.15) is 16.7 Å². The van der Waals surface area contributed by atoms with Gasteiger partial charge in [-0.25, -0.2) is 4.39 Å². The number of benzene rings is 3. The Bertz CT molecular complexity index is 1240. The number of hydrogen-bond acceptors (Lipinski definition) is 4. The minimum absolute atomic E-state index is 0.0466. The average molecular weight is 523 g/mol. The Morgan fingerprint density at radius 1 is 0.970 bits per heavy atom. The van der Waals surface area contributed by atoms with Gasteiger partial charge in [-0.15, -0.1) is 0 Å². The van der Waals surface area contributed by atoms with E-state index in [0.29, 0.717) is 16.1 Å². The molecule has 33 heavy (non-hydrogen) atoms. The van der Waals surface area contributed by atoms with E-state index in [2.05, 4.69) is 0 Å². The molecule has 9 heteroatoms. The maximum absolute atomic E-state index is 13.8. The number of rotatable bonds is 6. The van der Waals surface area contributed by atoms with Crippen molar-refractivity contribution in [2.75, 3.05) is 0 Å². The molecular formula is C24H15Cl3FNO3S. The fraction of sp³-hybridized carbons (Fsp3) is 0.0833. The molecule has 4 rings (SSSR count). The van der Waals surface area contributed by atoms with Crippen molar-refractivity contribution in [1.82, 2.24) is 4.90 Å². The zero-order chi connectivity index (χ0) is 23.5. The van der Waals surface area contributed by atoms with E-state index >= 15 is 0 Å². The van der Waals surface area contributed by atoms with Crippen LogP contribution in [0.25, 0.3) is 6.08 Å². The monoisotopic (exact) mass is 521 g/mol. The number of halogens is 4. The molecule has 0 spiro atoms. The van der Waals surface area contributed by atoms with Gasteiger partial charge in [0.2, 0.25) is 0 Å². The Morgan fingerprint density at radius 2 is 1.64 bits per heavy atom. The van der Waals surface area contributed by atoms with Gasteiger partial charge in [-0.2, -0.15) is 0 Å². The topological polar surface area (TPSA) is 46.6 Å². The van der Waals surface area contributed by atoms with Gasteiger partial charge in [0, 0.05) is 10.6 Å². The van der Waals surface area contributed by atoms with Crippen molar-refractivity contribution in [3.63, 3.8) is 0 Å². The first kappa shape index (κ1) is 23.6. The zero-order valence-electron chi connectivity index (χ0n) is 16.9. The Kier molecular flexibility index (Phi) is 7.29. The third-order valence-electron chi connectivity index (χ3n) is 4.78. The second-order valence-electron chi connectivity index (χ2n) is 7.09. The molecule has 0 saturated carbocycles. The molecular weight excluding hydrogens is 508 g/mol. The number of nitrogens with zero attached hydrogens (tertiary/aromatic N) is 1. The molecule has 0 aliphatic carbocycles. The fourth-order valence-corrected chi connectivity index (χ4v) is 4.70. The van der Waals surface area contributed by atoms with Crippen molar-refractivity contribution < 1.29 is 18.7 Å². The highest BCUT2D eigenvalue weighted by Crippen LogP contribution is 2.38. The molecule has 0 bridgehead atoms. The molecule has 1 heterocycles. The van der Waals surface area contributed by atoms with Gasteiger partial charge in [0.25, 0.3) is 11.1 Å². The van der Waals surface area contributed by atoms with E-state index in [1.807, 2.05) is 0 Å². The molecule has 168 valence electrons. The third-order valence-corrected chi connectivity index (χ3v) is 6.50. The summed E-state index contributed by atoms with van der Waals surface area (Å²) >= 11 is 19.4. The normalized spacial score (nSPS) is 14.9. The summed E-state index contributed by atoms with van der Waals surface area (Å²) in [5.41, 5.74) is 1.67. The summed E-state index contributed by atoms with van der Waals surface area (Å²) in [7, 11) is 0. The van der Waals surface area contributed by atoms with Crippen LogP contribution in [0.3, 0.4) is 0 Å². The molecule has 0 atom stereocenters. The number of carbonyl (C=O) groups excluding carboxylic acids is 2. The van der Waals surface area contributed by atoms with Gasteiger partial charge in [0.05, 0.1) is 21.5 Å². The molecule has 4 nitrogen and oxygen atoms in total. The van der Waals surface area contributed by atoms with E-state index in [4.69, 9.17) is 39.5 Å². The van der Waals surface area contributed by atoms with Crippen molar-refractivity contribution in [2.45, 2.75) is 13.2 Å². The standard InChI is InChI=1S/C24H15Cl3FNO3S/c25-17-7-5-14(6-8-17)12-29-23(30)21(33-24(29)31)11-15-9-18(26)22(19(27)10-15)32-13-16-3-1-2-4-20(16)28/h1-11H,12-13H2/b21-11-. The highest BCUT2D eigenvalue weighted by Gasteiger charge is 2.35. The van der Waals surface area contributed by atoms with Crippen LogP contribution in [-0.4, -0.2) is 16.0 Å². The maximum Gasteiger partial charge on any atom is 0.293 e. The summed E-state index contributed by atoms with van der Waals surface area (Å²) in [6.07, 6.45) is 1.55. The van der Waals surface area contributed by atoms with Gasteiger partial charge in [-0.1, -0.05) is 65.1 Å². The van der Waals surface area contributed by atoms with E-state index in [-0.39, 0.29) is 39.1 Å². The largest absolute Gasteiger partial charge is 0.486 e. The van der Waals surface area contributed by atoms with Gasteiger partial charge in [-0.05, 0) is 59.3 Å². The lowest BCUT2D eigenvalue weighted by molar-refractivity contribution is -0.123. The molecule has 0 unspecified atom stereocenters. The summed E-state index contributed by atoms with van der Waals surface area (Å²) in [6, 6.07) is 16.3. The van der Waals surface area contributed by atoms with Crippen molar-refractivity contribution >= 4 is 63.8 Å². The van der Waals surface area contributed by atoms with Crippen LogP contribution in [0.2, 0.25) is 15.1 Å². The van der Waals surface area contributed by atoms with Crippen molar-refractivity contribution in [3.8, 4) is 5.75 Å². The lowest BCUT2D eigenvalue weighted by Crippen LogP contribution is -2.27. The molecule has 2 amide bonds. The molecule has 0 N–H and O–H groups in total. The first-order chi connectivity index (χ1) is 15.8. The number of ether oxygens (including phenoxy) is 1. The van der Waals surface area contributed by atoms with E-state index in [0.717, 1.165) is 22.2 Å². The summed E-state index contributed by atoms with van der Waals surface area (Å²) in [5, 5.41) is 0.599. The average Bonchev–Trinajstić information content (AvgIpc) is 3.03. The van der Waals surface area contributed by atoms with Crippen LogP contribution < -0.4 is 4.74 Å². The molecule has 0 radical (unpaired) electrons. The number of imide groups is 1. The van der Waals surface area contributed by atoms with Crippen LogP contribution in [0.5, 0.6) is 5.75 Å². The fourth-order valence-electron chi connectivity index (χ4n) is 3.13. The molecule has 1 saturated heterocycles. The van der Waals surface area contributed by atoms with Crippen LogP contribution in [-0.2, 0) is 17.9 Å². The number of thioether (sulfide) groups is 1. The minimum atomic E-state index is -0.410. The second-order valence-corrected chi connectivity index (χ2v) is 9.33. The number of carbonyl (C=O) groups is 2. The second kappa shape index (κ2) is 10.2. The molecule has 3 aromatic rings. The van der Waals surface area contributed by atoms with Crippen LogP contribution >= 0.6 is 46.6 Å². The van der Waals surface area contributed by atoms with E-state index in [1.165, 1.54) is 6.07 Å². The van der Waals surface area contributed by atoms with Crippen LogP contribution in [0, 0.1) is 5.82 Å². The molecule has 1 aliphatic heterocycles. The lowest BCUT2D eigenvalue weighted by atomic mass is 10.2. The van der Waals surface area contributed by atoms with E-state index in [9.17, 15) is 14.0 Å². The molecule has 1 fully saturated rings. The lowest BCUT2D eigenvalue weighted by Gasteiger charge is -2.12. The Balaban J connectivity index is 1.50. The number of amides is 2. The van der Waals surface area contributed by atoms with Gasteiger partial charge in [-0.3, -0.25) is 14.5 Å². The third kappa shape index (κ3) is 5.53. The van der Waals surface area contributed by atoms with Gasteiger partial charge in [0.1, 0.15) is 12.4 Å². The minimum Gasteiger partial charge on any atom is -0.486 e. The van der Waals surface area contributed by atoms with Crippen LogP contribution in [0.15, 0.2) is 65.6 Å². The van der Waals surface area contributed by atoms with Gasteiger partial charge >= 0.3 is 0 Å². The number of hydrogen-bond donors (Lipinski definition) is 0. The molecule has 0 aromatic heterocycles. The van der Waals surface area contributed by atoms with Crippen LogP contribution in [0.4, 0.5) is 9.18 Å². The zero-order valence-corrected chi connectivity index (χ0v) is 19.9. The van der Waals surface area contributed by atoms with Gasteiger partial charge < -0.3 is 4.74 Å². The summed E-state index contributed by atoms with van der Waals surface area (Å²) in [6.45, 7) is 0.0958. The smallest absolute Gasteiger partial charge is 0.293 e. The van der Waals surface area contributed by atoms with Crippen molar-refractivity contribution in [1.29, 1.82) is 0 Å². The summed E-state index contributed by atoms with van der Waals surface area (Å²) in [5.74, 6) is -0.600. The Labute approximate surface area is 208 Å². The van der Waals surface area contributed by atoms with Crippen molar-refractivity contribution in [2.24, 2.45) is 0 Å². The van der Waals surface area contributed by atoms with E-state index in [1.54, 1.807) is 60.7 Å². The maximum atomic E-state index is 13.8. The summed E-state index contributed by atoms with van der Waals surface area (Å²) < 4.78 is 19.4. The van der Waals surface area contributed by atoms with Gasteiger partial charge in [0.15, 0.2) is 5.75 Å². The Hall–Kier alpha value is -2.51. The Morgan fingerprint density at radius 3 is 2.30 bits per heavy atom. The first-order valence-electron chi connectivity index (χ1n) is 9.67. The quantitative estimate of drug-likeness (QED) is 0.313. The predicted molar refractivity (Wildman–Crippen MR) is 130 cm³/mol. The van der Waals surface area contributed by atoms with Crippen molar-refractivity contribution in [3.05, 3.63) is 103 Å². The summed E-state index contributed by atoms with van der Waals surface area (Å²) in [4.78, 5) is 26.6. The predicted octanol–water partition coefficient (Wildman–Crippen LogP) is 7.60. The highest BCUT2D eigenvalue weighted by molar-refractivity contribution is 8.18.